The van der Waals surface area contributed by atoms with E-state index in [-0.39, 0.29) is 11.0 Å². The first-order valence-corrected chi connectivity index (χ1v) is 7.04. The molecule has 0 radical (unpaired) electrons. The predicted molar refractivity (Wildman–Crippen MR) is 73.0 cm³/mol. The monoisotopic (exact) mass is 307 g/mol. The normalized spacial score (nSPS) is 17.2. The fraction of sp³-hybridized carbons (Fsp3) is 0.615. The van der Waals surface area contributed by atoms with Crippen molar-refractivity contribution in [1.82, 2.24) is 9.88 Å². The highest BCUT2D eigenvalue weighted by Gasteiger charge is 2.31. The molecule has 0 aromatic carbocycles. The molecule has 0 amide bonds. The van der Waals surface area contributed by atoms with Crippen molar-refractivity contribution in [2.75, 3.05) is 31.5 Å². The summed E-state index contributed by atoms with van der Waals surface area (Å²) in [5.74, 6) is 0.168. The van der Waals surface area contributed by atoms with Gasteiger partial charge in [-0.05, 0) is 38.1 Å². The summed E-state index contributed by atoms with van der Waals surface area (Å²) in [6.45, 7) is 3.47. The molecular formula is C13H17ClF3N3. The van der Waals surface area contributed by atoms with Gasteiger partial charge in [-0.2, -0.15) is 13.2 Å². The van der Waals surface area contributed by atoms with E-state index in [9.17, 15) is 13.2 Å². The molecule has 2 rings (SSSR count). The smallest absolute Gasteiger partial charge is 0.369 e. The van der Waals surface area contributed by atoms with Crippen LogP contribution in [-0.4, -0.2) is 36.1 Å². The summed E-state index contributed by atoms with van der Waals surface area (Å²) >= 11 is 5.62. The Labute approximate surface area is 121 Å². The van der Waals surface area contributed by atoms with Crippen LogP contribution < -0.4 is 5.32 Å². The second-order valence-corrected chi connectivity index (χ2v) is 5.28. The molecule has 1 fully saturated rings. The van der Waals surface area contributed by atoms with E-state index in [1.54, 1.807) is 0 Å². The van der Waals surface area contributed by atoms with Gasteiger partial charge in [-0.3, -0.25) is 0 Å². The van der Waals surface area contributed by atoms with Crippen LogP contribution in [0.15, 0.2) is 12.1 Å². The zero-order valence-corrected chi connectivity index (χ0v) is 11.8. The molecule has 112 valence electrons. The highest BCUT2D eigenvalue weighted by atomic mass is 35.5. The van der Waals surface area contributed by atoms with Gasteiger partial charge in [0.25, 0.3) is 0 Å². The molecule has 0 atom stereocenters. The molecule has 1 aromatic rings. The topological polar surface area (TPSA) is 28.2 Å². The quantitative estimate of drug-likeness (QED) is 0.861. The maximum atomic E-state index is 12.6. The van der Waals surface area contributed by atoms with Crippen LogP contribution in [0, 0.1) is 0 Å². The molecule has 1 aromatic heterocycles. The zero-order chi connectivity index (χ0) is 14.6. The molecule has 1 aliphatic rings. The van der Waals surface area contributed by atoms with Crippen LogP contribution in [0.4, 0.5) is 19.0 Å². The third kappa shape index (κ3) is 4.52. The van der Waals surface area contributed by atoms with E-state index in [2.05, 4.69) is 15.2 Å². The van der Waals surface area contributed by atoms with Crippen molar-refractivity contribution >= 4 is 17.4 Å². The van der Waals surface area contributed by atoms with E-state index in [1.165, 1.54) is 19.3 Å². The molecule has 0 bridgehead atoms. The Morgan fingerprint density at radius 3 is 2.55 bits per heavy atom. The first kappa shape index (κ1) is 15.4. The first-order valence-electron chi connectivity index (χ1n) is 6.66. The van der Waals surface area contributed by atoms with Crippen LogP contribution in [0.5, 0.6) is 0 Å². The van der Waals surface area contributed by atoms with Gasteiger partial charge in [0.1, 0.15) is 11.0 Å². The van der Waals surface area contributed by atoms with Gasteiger partial charge in [0.15, 0.2) is 0 Å². The van der Waals surface area contributed by atoms with Gasteiger partial charge in [0, 0.05) is 13.1 Å². The summed E-state index contributed by atoms with van der Waals surface area (Å²) in [5.41, 5.74) is -0.780. The molecule has 2 heterocycles. The number of likely N-dealkylation sites (tertiary alicyclic amines) is 1. The molecule has 1 saturated heterocycles. The van der Waals surface area contributed by atoms with Gasteiger partial charge in [-0.1, -0.05) is 18.0 Å². The lowest BCUT2D eigenvalue weighted by atomic mass is 10.1. The maximum absolute atomic E-state index is 12.6. The molecule has 0 saturated carbocycles. The van der Waals surface area contributed by atoms with Crippen molar-refractivity contribution in [3.63, 3.8) is 0 Å². The highest BCUT2D eigenvalue weighted by Crippen LogP contribution is 2.31. The molecule has 1 aliphatic heterocycles. The summed E-state index contributed by atoms with van der Waals surface area (Å²) in [4.78, 5) is 6.16. The summed E-state index contributed by atoms with van der Waals surface area (Å²) in [6.07, 6.45) is -0.772. The Kier molecular flexibility index (Phi) is 5.10. The van der Waals surface area contributed by atoms with Crippen LogP contribution in [0.1, 0.15) is 24.8 Å². The lowest BCUT2D eigenvalue weighted by Gasteiger charge is -2.26. The van der Waals surface area contributed by atoms with E-state index in [0.717, 1.165) is 31.8 Å². The number of piperidine rings is 1. The SMILES string of the molecule is FC(F)(F)c1cc(Cl)nc(NCCN2CCCCC2)c1. The van der Waals surface area contributed by atoms with Crippen molar-refractivity contribution in [2.45, 2.75) is 25.4 Å². The van der Waals surface area contributed by atoms with Crippen LogP contribution in [0.2, 0.25) is 5.15 Å². The summed E-state index contributed by atoms with van der Waals surface area (Å²) < 4.78 is 37.9. The van der Waals surface area contributed by atoms with Gasteiger partial charge in [-0.25, -0.2) is 4.98 Å². The van der Waals surface area contributed by atoms with E-state index in [0.29, 0.717) is 6.54 Å². The number of nitrogens with zero attached hydrogens (tertiary/aromatic N) is 2. The predicted octanol–water partition coefficient (Wildman–Crippen LogP) is 3.65. The van der Waals surface area contributed by atoms with Crippen LogP contribution >= 0.6 is 11.6 Å². The van der Waals surface area contributed by atoms with Crippen LogP contribution in [0.3, 0.4) is 0 Å². The van der Waals surface area contributed by atoms with Crippen LogP contribution in [0.25, 0.3) is 0 Å². The van der Waals surface area contributed by atoms with E-state index >= 15 is 0 Å². The molecule has 0 spiro atoms. The zero-order valence-electron chi connectivity index (χ0n) is 11.0. The third-order valence-corrected chi connectivity index (χ3v) is 3.50. The van der Waals surface area contributed by atoms with Gasteiger partial charge in [0.2, 0.25) is 0 Å². The number of rotatable bonds is 4. The van der Waals surface area contributed by atoms with E-state index < -0.39 is 11.7 Å². The molecule has 1 N–H and O–H groups in total. The van der Waals surface area contributed by atoms with Gasteiger partial charge >= 0.3 is 6.18 Å². The molecule has 0 unspecified atom stereocenters. The summed E-state index contributed by atoms with van der Waals surface area (Å²) in [6, 6.07) is 1.82. The van der Waals surface area contributed by atoms with Gasteiger partial charge < -0.3 is 10.2 Å². The average Bonchev–Trinajstić information content (AvgIpc) is 2.38. The Bertz CT molecular complexity index is 445. The Balaban J connectivity index is 1.90. The number of aromatic nitrogens is 1. The summed E-state index contributed by atoms with van der Waals surface area (Å²) in [7, 11) is 0. The molecule has 7 heteroatoms. The van der Waals surface area contributed by atoms with Crippen molar-refractivity contribution in [3.8, 4) is 0 Å². The number of anilines is 1. The Morgan fingerprint density at radius 2 is 1.90 bits per heavy atom. The van der Waals surface area contributed by atoms with Gasteiger partial charge in [-0.15, -0.1) is 0 Å². The first-order chi connectivity index (χ1) is 9.45. The minimum Gasteiger partial charge on any atom is -0.369 e. The van der Waals surface area contributed by atoms with Crippen molar-refractivity contribution in [2.24, 2.45) is 0 Å². The number of hydrogen-bond donors (Lipinski definition) is 1. The number of alkyl halides is 3. The average molecular weight is 308 g/mol. The number of halogens is 4. The molecule has 0 aliphatic carbocycles. The summed E-state index contributed by atoms with van der Waals surface area (Å²) in [5, 5.41) is 2.76. The van der Waals surface area contributed by atoms with E-state index in [1.807, 2.05) is 0 Å². The van der Waals surface area contributed by atoms with Crippen molar-refractivity contribution < 1.29 is 13.2 Å². The maximum Gasteiger partial charge on any atom is 0.416 e. The highest BCUT2D eigenvalue weighted by molar-refractivity contribution is 6.29. The number of hydrogen-bond acceptors (Lipinski definition) is 3. The fourth-order valence-corrected chi connectivity index (χ4v) is 2.48. The molecule has 20 heavy (non-hydrogen) atoms. The van der Waals surface area contributed by atoms with Crippen molar-refractivity contribution in [1.29, 1.82) is 0 Å². The third-order valence-electron chi connectivity index (χ3n) is 3.30. The van der Waals surface area contributed by atoms with E-state index in [4.69, 9.17) is 11.6 Å². The fourth-order valence-electron chi connectivity index (χ4n) is 2.28. The minimum atomic E-state index is -4.41. The number of nitrogens with one attached hydrogen (secondary N) is 1. The Morgan fingerprint density at radius 1 is 1.20 bits per heavy atom. The van der Waals surface area contributed by atoms with Crippen LogP contribution in [-0.2, 0) is 6.18 Å². The lowest BCUT2D eigenvalue weighted by Crippen LogP contribution is -2.33. The van der Waals surface area contributed by atoms with Crippen molar-refractivity contribution in [3.05, 3.63) is 22.8 Å². The lowest BCUT2D eigenvalue weighted by molar-refractivity contribution is -0.137. The van der Waals surface area contributed by atoms with Gasteiger partial charge in [0.05, 0.1) is 5.56 Å². The Hall–Kier alpha value is -1.01. The second kappa shape index (κ2) is 6.63. The standard InChI is InChI=1S/C13H17ClF3N3/c14-11-8-10(13(15,16)17)9-12(19-11)18-4-7-20-5-2-1-3-6-20/h8-9H,1-7H2,(H,18,19). The second-order valence-electron chi connectivity index (χ2n) is 4.89. The largest absolute Gasteiger partial charge is 0.416 e. The minimum absolute atomic E-state index is 0.153. The molecular weight excluding hydrogens is 291 g/mol. The molecule has 3 nitrogen and oxygen atoms in total. The number of pyridine rings is 1.